The summed E-state index contributed by atoms with van der Waals surface area (Å²) in [6.45, 7) is 0. The van der Waals surface area contributed by atoms with Crippen molar-refractivity contribution < 1.29 is 53.5 Å². The predicted octanol–water partition coefficient (Wildman–Crippen LogP) is 3.86. The topological polar surface area (TPSA) is 102 Å². The Morgan fingerprint density at radius 3 is 2.03 bits per heavy atom. The van der Waals surface area contributed by atoms with Crippen molar-refractivity contribution >= 4 is 27.5 Å². The third-order valence-electron chi connectivity index (χ3n) is 3.80. The number of nitrogens with one attached hydrogen (secondary N) is 2. The summed E-state index contributed by atoms with van der Waals surface area (Å²) in [5.41, 5.74) is -1.51. The summed E-state index contributed by atoms with van der Waals surface area (Å²) in [7, 11) is -5.54. The van der Waals surface area contributed by atoms with Crippen molar-refractivity contribution in [1.29, 1.82) is 0 Å². The molecule has 2 aromatic rings. The highest BCUT2D eigenvalue weighted by molar-refractivity contribution is 7.92. The number of imide groups is 1. The molecule has 3 amide bonds. The fourth-order valence-corrected chi connectivity index (χ4v) is 3.54. The van der Waals surface area contributed by atoms with E-state index in [-0.39, 0.29) is 0 Å². The molecule has 0 atom stereocenters. The van der Waals surface area contributed by atoms with Crippen LogP contribution >= 0.6 is 0 Å². The Hall–Kier alpha value is -3.36. The fraction of sp³-hybridized carbons (Fsp3) is 0.176. The van der Waals surface area contributed by atoms with Crippen LogP contribution in [0.25, 0.3) is 0 Å². The van der Waals surface area contributed by atoms with E-state index in [0.29, 0.717) is 18.2 Å². The van der Waals surface area contributed by atoms with E-state index < -0.39 is 66.7 Å². The van der Waals surface area contributed by atoms with Crippen LogP contribution in [-0.4, -0.2) is 38.9 Å². The maximum absolute atomic E-state index is 13.6. The van der Waals surface area contributed by atoms with Gasteiger partial charge in [-0.15, -0.1) is 0 Å². The van der Waals surface area contributed by atoms with Gasteiger partial charge in [-0.25, -0.2) is 22.0 Å². The van der Waals surface area contributed by atoms with Crippen molar-refractivity contribution in [3.8, 4) is 5.75 Å². The van der Waals surface area contributed by atoms with Crippen LogP contribution in [0.1, 0.15) is 10.4 Å². The van der Waals surface area contributed by atoms with Crippen LogP contribution < -0.4 is 15.4 Å². The Morgan fingerprint density at radius 1 is 0.969 bits per heavy atom. The smallest absolute Gasteiger partial charge is 0.469 e. The highest BCUT2D eigenvalue weighted by atomic mass is 32.2. The quantitative estimate of drug-likeness (QED) is 0.623. The molecule has 15 heteroatoms. The van der Waals surface area contributed by atoms with E-state index >= 15 is 0 Å². The number of urea groups is 1. The maximum Gasteiger partial charge on any atom is 0.469 e. The number of benzene rings is 2. The molecular formula is C17H11F7N2O5S. The van der Waals surface area contributed by atoms with Gasteiger partial charge in [0.25, 0.3) is 15.7 Å². The van der Waals surface area contributed by atoms with Crippen LogP contribution in [0.15, 0.2) is 41.3 Å². The molecule has 0 bridgehead atoms. The highest BCUT2D eigenvalue weighted by Gasteiger charge is 2.68. The molecule has 7 nitrogen and oxygen atoms in total. The lowest BCUT2D eigenvalue weighted by Gasteiger charge is -2.21. The van der Waals surface area contributed by atoms with Gasteiger partial charge in [-0.05, 0) is 24.3 Å². The van der Waals surface area contributed by atoms with E-state index in [2.05, 4.69) is 4.74 Å². The van der Waals surface area contributed by atoms with Gasteiger partial charge in [0.1, 0.15) is 27.8 Å². The summed E-state index contributed by atoms with van der Waals surface area (Å²) in [6.07, 6.45) is -6.42. The number of anilines is 1. The molecule has 174 valence electrons. The number of alkyl halides is 5. The summed E-state index contributed by atoms with van der Waals surface area (Å²) in [5.74, 6) is -5.04. The van der Waals surface area contributed by atoms with Gasteiger partial charge in [-0.3, -0.25) is 10.1 Å². The van der Waals surface area contributed by atoms with E-state index in [9.17, 15) is 48.7 Å². The Balaban J connectivity index is 2.28. The van der Waals surface area contributed by atoms with Gasteiger partial charge in [0.05, 0.1) is 7.11 Å². The fourth-order valence-electron chi connectivity index (χ4n) is 2.30. The summed E-state index contributed by atoms with van der Waals surface area (Å²) in [5, 5.41) is -2.68. The van der Waals surface area contributed by atoms with Crippen molar-refractivity contribution in [2.24, 2.45) is 0 Å². The van der Waals surface area contributed by atoms with Gasteiger partial charge in [0.15, 0.2) is 0 Å². The van der Waals surface area contributed by atoms with Gasteiger partial charge in [0, 0.05) is 11.8 Å². The van der Waals surface area contributed by atoms with Crippen LogP contribution in [0.3, 0.4) is 0 Å². The third kappa shape index (κ3) is 4.61. The van der Waals surface area contributed by atoms with E-state index in [4.69, 9.17) is 0 Å². The van der Waals surface area contributed by atoms with Gasteiger partial charge in [0.2, 0.25) is 0 Å². The molecule has 0 aromatic heterocycles. The van der Waals surface area contributed by atoms with Gasteiger partial charge < -0.3 is 10.1 Å². The zero-order chi connectivity index (χ0) is 24.5. The van der Waals surface area contributed by atoms with Crippen molar-refractivity contribution in [2.75, 3.05) is 12.4 Å². The summed E-state index contributed by atoms with van der Waals surface area (Å²) < 4.78 is 120. The van der Waals surface area contributed by atoms with E-state index in [1.165, 1.54) is 0 Å². The molecule has 0 heterocycles. The van der Waals surface area contributed by atoms with Crippen molar-refractivity contribution in [1.82, 2.24) is 5.32 Å². The minimum Gasteiger partial charge on any atom is -0.495 e. The van der Waals surface area contributed by atoms with Crippen molar-refractivity contribution in [2.45, 2.75) is 16.3 Å². The predicted molar refractivity (Wildman–Crippen MR) is 94.0 cm³/mol. The van der Waals surface area contributed by atoms with E-state index in [0.717, 1.165) is 25.3 Å². The first-order valence-electron chi connectivity index (χ1n) is 8.07. The van der Waals surface area contributed by atoms with Crippen molar-refractivity contribution in [3.05, 3.63) is 53.6 Å². The Kier molecular flexibility index (Phi) is 6.73. The number of carbonyl (C=O) groups excluding carboxylic acids is 2. The van der Waals surface area contributed by atoms with Gasteiger partial charge in [-0.1, -0.05) is 6.07 Å². The van der Waals surface area contributed by atoms with Crippen LogP contribution in [0, 0.1) is 11.6 Å². The number of ether oxygens (including phenoxy) is 1. The third-order valence-corrected chi connectivity index (χ3v) is 5.62. The van der Waals surface area contributed by atoms with Crippen LogP contribution in [-0.2, 0) is 9.84 Å². The molecule has 0 spiro atoms. The number of rotatable bonds is 5. The monoisotopic (exact) mass is 488 g/mol. The molecule has 2 N–H and O–H groups in total. The first-order valence-corrected chi connectivity index (χ1v) is 9.55. The van der Waals surface area contributed by atoms with Gasteiger partial charge in [-0.2, -0.15) is 22.0 Å². The summed E-state index contributed by atoms with van der Waals surface area (Å²) in [6, 6.07) is 2.57. The standard InChI is InChI=1S/C17H11F7N2O5S/c1-31-11-7-8(5-6-12(11)32(29,30)17(23,24)16(20,21)22)25-15(28)26-14(27)13-9(18)3-2-4-10(13)19/h2-7H,1H3,(H2,25,26,27,28). The molecule has 0 aliphatic heterocycles. The van der Waals surface area contributed by atoms with Crippen LogP contribution in [0.5, 0.6) is 5.75 Å². The number of methoxy groups -OCH3 is 1. The minimum absolute atomic E-state index is 0.307. The molecule has 2 rings (SSSR count). The van der Waals surface area contributed by atoms with Crippen LogP contribution in [0.4, 0.5) is 41.2 Å². The second-order valence-corrected chi connectivity index (χ2v) is 7.85. The minimum atomic E-state index is -6.42. The number of sulfone groups is 1. The molecule has 0 saturated carbocycles. The number of halogens is 7. The normalized spacial score (nSPS) is 12.2. The molecule has 0 unspecified atom stereocenters. The first-order chi connectivity index (χ1) is 14.6. The SMILES string of the molecule is COc1cc(NC(=O)NC(=O)c2c(F)cccc2F)ccc1S(=O)(=O)C(F)(F)C(F)(F)F. The van der Waals surface area contributed by atoms with Crippen molar-refractivity contribution in [3.63, 3.8) is 0 Å². The Bertz CT molecular complexity index is 1150. The Morgan fingerprint density at radius 2 is 1.53 bits per heavy atom. The highest BCUT2D eigenvalue weighted by Crippen LogP contribution is 2.45. The lowest BCUT2D eigenvalue weighted by atomic mass is 10.2. The molecule has 0 aliphatic rings. The number of hydrogen-bond acceptors (Lipinski definition) is 5. The number of hydrogen-bond donors (Lipinski definition) is 2. The average Bonchev–Trinajstić information content (AvgIpc) is 2.66. The molecule has 32 heavy (non-hydrogen) atoms. The second kappa shape index (κ2) is 8.64. The molecule has 2 aromatic carbocycles. The molecule has 0 fully saturated rings. The summed E-state index contributed by atoms with van der Waals surface area (Å²) >= 11 is 0. The maximum atomic E-state index is 13.6. The number of carbonyl (C=O) groups is 2. The molecular weight excluding hydrogens is 477 g/mol. The number of amides is 3. The zero-order valence-corrected chi connectivity index (χ0v) is 16.4. The summed E-state index contributed by atoms with van der Waals surface area (Å²) in [4.78, 5) is 22.2. The largest absolute Gasteiger partial charge is 0.495 e. The van der Waals surface area contributed by atoms with Crippen LogP contribution in [0.2, 0.25) is 0 Å². The van der Waals surface area contributed by atoms with E-state index in [1.807, 2.05) is 5.32 Å². The molecule has 0 aliphatic carbocycles. The lowest BCUT2D eigenvalue weighted by molar-refractivity contribution is -0.241. The van der Waals surface area contributed by atoms with Gasteiger partial charge >= 0.3 is 17.5 Å². The lowest BCUT2D eigenvalue weighted by Crippen LogP contribution is -2.44. The first kappa shape index (κ1) is 24.9. The second-order valence-electron chi connectivity index (χ2n) is 5.89. The average molecular weight is 488 g/mol. The zero-order valence-electron chi connectivity index (χ0n) is 15.6. The Labute approximate surface area is 175 Å². The molecule has 0 radical (unpaired) electrons. The molecule has 0 saturated heterocycles. The van der Waals surface area contributed by atoms with E-state index in [1.54, 1.807) is 5.32 Å².